The molecule has 0 atom stereocenters. The quantitative estimate of drug-likeness (QED) is 0.837. The standard InChI is InChI=1S/C18H29N7O/c1-3-25-16(21-22-18(25)14-9-15(19)10-14)11-24-6-4-13(5-7-24)8-17-20-12(2)23-26-17/h13-15H,3-11,19H2,1-2H3. The van der Waals surface area contributed by atoms with Gasteiger partial charge in [0.05, 0.1) is 6.54 Å². The second kappa shape index (κ2) is 7.44. The SMILES string of the molecule is CCn1c(CN2CCC(Cc3nc(C)no3)CC2)nnc1C1CC(N)C1. The summed E-state index contributed by atoms with van der Waals surface area (Å²) in [4.78, 5) is 6.82. The summed E-state index contributed by atoms with van der Waals surface area (Å²) < 4.78 is 7.56. The molecule has 142 valence electrons. The Labute approximate surface area is 154 Å². The van der Waals surface area contributed by atoms with E-state index in [1.54, 1.807) is 0 Å². The molecule has 2 aromatic rings. The molecule has 3 heterocycles. The second-order valence-corrected chi connectivity index (χ2v) is 7.81. The summed E-state index contributed by atoms with van der Waals surface area (Å²) in [7, 11) is 0. The van der Waals surface area contributed by atoms with Gasteiger partial charge in [-0.3, -0.25) is 4.90 Å². The molecule has 1 saturated carbocycles. The van der Waals surface area contributed by atoms with Crippen molar-refractivity contribution in [2.24, 2.45) is 11.7 Å². The summed E-state index contributed by atoms with van der Waals surface area (Å²) in [5.74, 6) is 4.84. The lowest BCUT2D eigenvalue weighted by atomic mass is 9.80. The van der Waals surface area contributed by atoms with E-state index in [1.807, 2.05) is 6.92 Å². The predicted octanol–water partition coefficient (Wildman–Crippen LogP) is 1.65. The van der Waals surface area contributed by atoms with Crippen molar-refractivity contribution in [3.8, 4) is 0 Å². The predicted molar refractivity (Wildman–Crippen MR) is 96.4 cm³/mol. The van der Waals surface area contributed by atoms with Crippen LogP contribution in [-0.4, -0.2) is 48.9 Å². The average Bonchev–Trinajstić information content (AvgIpc) is 3.19. The number of aromatic nitrogens is 5. The minimum atomic E-state index is 0.340. The van der Waals surface area contributed by atoms with E-state index in [9.17, 15) is 0 Å². The third-order valence-electron chi connectivity index (χ3n) is 5.82. The van der Waals surface area contributed by atoms with Gasteiger partial charge in [0.1, 0.15) is 11.6 Å². The molecule has 4 rings (SSSR count). The van der Waals surface area contributed by atoms with Crippen LogP contribution in [0.3, 0.4) is 0 Å². The van der Waals surface area contributed by atoms with Gasteiger partial charge in [0.25, 0.3) is 0 Å². The van der Waals surface area contributed by atoms with Crippen LogP contribution in [0.15, 0.2) is 4.52 Å². The Balaban J connectivity index is 1.31. The van der Waals surface area contributed by atoms with E-state index in [2.05, 4.69) is 36.7 Å². The molecule has 0 aromatic carbocycles. The number of hydrogen-bond donors (Lipinski definition) is 1. The summed E-state index contributed by atoms with van der Waals surface area (Å²) in [5.41, 5.74) is 5.94. The van der Waals surface area contributed by atoms with Crippen molar-refractivity contribution in [3.05, 3.63) is 23.4 Å². The average molecular weight is 359 g/mol. The molecule has 2 aliphatic rings. The fourth-order valence-electron chi connectivity index (χ4n) is 4.20. The van der Waals surface area contributed by atoms with Gasteiger partial charge in [0.15, 0.2) is 5.82 Å². The van der Waals surface area contributed by atoms with Gasteiger partial charge < -0.3 is 14.8 Å². The summed E-state index contributed by atoms with van der Waals surface area (Å²) in [5, 5.41) is 12.9. The second-order valence-electron chi connectivity index (χ2n) is 7.81. The Morgan fingerprint density at radius 1 is 1.19 bits per heavy atom. The van der Waals surface area contributed by atoms with Gasteiger partial charge in [-0.15, -0.1) is 10.2 Å². The lowest BCUT2D eigenvalue weighted by Crippen LogP contribution is -2.36. The minimum Gasteiger partial charge on any atom is -0.339 e. The molecule has 0 amide bonds. The van der Waals surface area contributed by atoms with Crippen LogP contribution in [0.2, 0.25) is 0 Å². The van der Waals surface area contributed by atoms with Gasteiger partial charge in [0, 0.05) is 24.9 Å². The fourth-order valence-corrected chi connectivity index (χ4v) is 4.20. The van der Waals surface area contributed by atoms with E-state index < -0.39 is 0 Å². The van der Waals surface area contributed by atoms with Crippen LogP contribution in [0.25, 0.3) is 0 Å². The van der Waals surface area contributed by atoms with Crippen molar-refractivity contribution in [1.82, 2.24) is 29.8 Å². The van der Waals surface area contributed by atoms with Crippen LogP contribution in [0, 0.1) is 12.8 Å². The van der Waals surface area contributed by atoms with Gasteiger partial charge >= 0.3 is 0 Å². The first-order chi connectivity index (χ1) is 12.6. The molecule has 0 spiro atoms. The molecular weight excluding hydrogens is 330 g/mol. The number of nitrogens with zero attached hydrogens (tertiary/aromatic N) is 6. The van der Waals surface area contributed by atoms with Crippen LogP contribution < -0.4 is 5.73 Å². The molecule has 26 heavy (non-hydrogen) atoms. The highest BCUT2D eigenvalue weighted by molar-refractivity contribution is 5.08. The first-order valence-corrected chi connectivity index (χ1v) is 9.81. The van der Waals surface area contributed by atoms with Crippen molar-refractivity contribution in [1.29, 1.82) is 0 Å². The van der Waals surface area contributed by atoms with Crippen LogP contribution in [0.4, 0.5) is 0 Å². The zero-order valence-corrected chi connectivity index (χ0v) is 15.8. The monoisotopic (exact) mass is 359 g/mol. The summed E-state index contributed by atoms with van der Waals surface area (Å²) >= 11 is 0. The molecule has 8 heteroatoms. The Bertz CT molecular complexity index is 726. The Morgan fingerprint density at radius 3 is 2.58 bits per heavy atom. The van der Waals surface area contributed by atoms with Gasteiger partial charge in [0.2, 0.25) is 5.89 Å². The normalized spacial score (nSPS) is 24.7. The third kappa shape index (κ3) is 3.66. The van der Waals surface area contributed by atoms with E-state index in [0.29, 0.717) is 17.9 Å². The molecular formula is C18H29N7O. The highest BCUT2D eigenvalue weighted by Gasteiger charge is 2.32. The summed E-state index contributed by atoms with van der Waals surface area (Å²) in [6.45, 7) is 8.01. The number of aryl methyl sites for hydroxylation is 1. The van der Waals surface area contributed by atoms with E-state index >= 15 is 0 Å². The Morgan fingerprint density at radius 2 is 1.96 bits per heavy atom. The summed E-state index contributed by atoms with van der Waals surface area (Å²) in [6.07, 6.45) is 5.29. The molecule has 2 N–H and O–H groups in total. The number of piperidine rings is 1. The molecule has 2 aromatic heterocycles. The van der Waals surface area contributed by atoms with E-state index in [4.69, 9.17) is 10.3 Å². The van der Waals surface area contributed by atoms with E-state index in [1.165, 1.54) is 0 Å². The topological polar surface area (TPSA) is 98.9 Å². The fraction of sp³-hybridized carbons (Fsp3) is 0.778. The molecule has 8 nitrogen and oxygen atoms in total. The zero-order valence-electron chi connectivity index (χ0n) is 15.8. The summed E-state index contributed by atoms with van der Waals surface area (Å²) in [6, 6.07) is 0.340. The van der Waals surface area contributed by atoms with Gasteiger partial charge in [-0.25, -0.2) is 0 Å². The van der Waals surface area contributed by atoms with Crippen molar-refractivity contribution in [3.63, 3.8) is 0 Å². The smallest absolute Gasteiger partial charge is 0.226 e. The van der Waals surface area contributed by atoms with Crippen LogP contribution >= 0.6 is 0 Å². The van der Waals surface area contributed by atoms with Gasteiger partial charge in [-0.1, -0.05) is 5.16 Å². The van der Waals surface area contributed by atoms with Gasteiger partial charge in [-0.2, -0.15) is 4.98 Å². The highest BCUT2D eigenvalue weighted by atomic mass is 16.5. The third-order valence-corrected chi connectivity index (χ3v) is 5.82. The maximum absolute atomic E-state index is 5.94. The highest BCUT2D eigenvalue weighted by Crippen LogP contribution is 2.35. The van der Waals surface area contributed by atoms with Crippen molar-refractivity contribution >= 4 is 0 Å². The van der Waals surface area contributed by atoms with Crippen molar-refractivity contribution in [2.45, 2.75) is 71.0 Å². The van der Waals surface area contributed by atoms with Crippen LogP contribution in [-0.2, 0) is 19.5 Å². The maximum Gasteiger partial charge on any atom is 0.226 e. The maximum atomic E-state index is 5.94. The first kappa shape index (κ1) is 17.6. The number of nitrogens with two attached hydrogens (primary N) is 1. The molecule has 0 unspecified atom stereocenters. The largest absolute Gasteiger partial charge is 0.339 e. The van der Waals surface area contributed by atoms with Crippen LogP contribution in [0.1, 0.15) is 61.9 Å². The lowest BCUT2D eigenvalue weighted by Gasteiger charge is -2.32. The van der Waals surface area contributed by atoms with E-state index in [0.717, 1.165) is 81.6 Å². The molecule has 2 fully saturated rings. The molecule has 1 saturated heterocycles. The molecule has 1 aliphatic heterocycles. The molecule has 0 radical (unpaired) electrons. The number of likely N-dealkylation sites (tertiary alicyclic amines) is 1. The number of rotatable bonds is 6. The van der Waals surface area contributed by atoms with Crippen molar-refractivity contribution in [2.75, 3.05) is 13.1 Å². The Hall–Kier alpha value is -1.80. The van der Waals surface area contributed by atoms with Crippen molar-refractivity contribution < 1.29 is 4.52 Å². The Kier molecular flexibility index (Phi) is 5.04. The van der Waals surface area contributed by atoms with E-state index in [-0.39, 0.29) is 0 Å². The van der Waals surface area contributed by atoms with Gasteiger partial charge in [-0.05, 0) is 58.5 Å². The minimum absolute atomic E-state index is 0.340. The first-order valence-electron chi connectivity index (χ1n) is 9.81. The lowest BCUT2D eigenvalue weighted by molar-refractivity contribution is 0.165. The molecule has 0 bridgehead atoms. The molecule has 1 aliphatic carbocycles. The zero-order chi connectivity index (χ0) is 18.1. The van der Waals surface area contributed by atoms with Crippen LogP contribution in [0.5, 0.6) is 0 Å². The number of hydrogen-bond acceptors (Lipinski definition) is 7.